The predicted octanol–water partition coefficient (Wildman–Crippen LogP) is 4.11. The molecule has 3 rings (SSSR count). The molecule has 2 heterocycles. The van der Waals surface area contributed by atoms with E-state index in [-0.39, 0.29) is 23.9 Å². The van der Waals surface area contributed by atoms with E-state index in [1.54, 1.807) is 13.0 Å². The topological polar surface area (TPSA) is 71.3 Å². The number of alkyl halides is 3. The fourth-order valence-electron chi connectivity index (χ4n) is 3.23. The minimum absolute atomic E-state index is 0. The summed E-state index contributed by atoms with van der Waals surface area (Å²) in [4.78, 5) is 24.8. The molecule has 1 saturated heterocycles. The van der Waals surface area contributed by atoms with Gasteiger partial charge in [0, 0.05) is 12.5 Å². The molecular weight excluding hydrogens is 397 g/mol. The lowest BCUT2D eigenvalue weighted by Crippen LogP contribution is -2.30. The molecule has 1 unspecified atom stereocenters. The Bertz CT molecular complexity index is 906. The second kappa shape index (κ2) is 8.79. The number of benzene rings is 1. The molecule has 0 bridgehead atoms. The summed E-state index contributed by atoms with van der Waals surface area (Å²) in [5.74, 6) is -0.406. The molecule has 0 saturated carbocycles. The molecule has 1 aliphatic heterocycles. The standard InChI is InChI=1S/C19H19F3N2O3.ClH/c1-11-9-15(12-5-4-8-23-10-12)27-18(26)16(11)17(25)24-14-7-3-2-6-13(14)19(20,21)22;/h2-3,6-7,9,12,23H,4-5,8,10H2,1H3,(H,24,25);1H. The summed E-state index contributed by atoms with van der Waals surface area (Å²) in [6, 6.07) is 6.22. The van der Waals surface area contributed by atoms with Crippen molar-refractivity contribution in [2.75, 3.05) is 18.4 Å². The van der Waals surface area contributed by atoms with E-state index < -0.39 is 29.0 Å². The van der Waals surface area contributed by atoms with Gasteiger partial charge in [-0.1, -0.05) is 12.1 Å². The number of carbonyl (C=O) groups is 1. The average Bonchev–Trinajstić information content (AvgIpc) is 2.61. The van der Waals surface area contributed by atoms with Crippen LogP contribution in [0.15, 0.2) is 39.5 Å². The fraction of sp³-hybridized carbons (Fsp3) is 0.368. The van der Waals surface area contributed by atoms with Gasteiger partial charge in [-0.25, -0.2) is 4.79 Å². The van der Waals surface area contributed by atoms with Crippen molar-refractivity contribution in [2.45, 2.75) is 31.9 Å². The van der Waals surface area contributed by atoms with Crippen molar-refractivity contribution in [1.29, 1.82) is 0 Å². The number of piperidine rings is 1. The number of anilines is 1. The Hall–Kier alpha value is -2.32. The summed E-state index contributed by atoms with van der Waals surface area (Å²) < 4.78 is 44.5. The number of para-hydroxylation sites is 1. The largest absolute Gasteiger partial charge is 0.427 e. The summed E-state index contributed by atoms with van der Waals surface area (Å²) in [6.45, 7) is 3.15. The third kappa shape index (κ3) is 4.74. The van der Waals surface area contributed by atoms with Crippen LogP contribution >= 0.6 is 12.4 Å². The lowest BCUT2D eigenvalue weighted by molar-refractivity contribution is -0.136. The first-order chi connectivity index (χ1) is 12.8. The molecule has 1 aromatic carbocycles. The Labute approximate surface area is 165 Å². The third-order valence-electron chi connectivity index (χ3n) is 4.57. The third-order valence-corrected chi connectivity index (χ3v) is 4.57. The first kappa shape index (κ1) is 22.0. The molecule has 0 aliphatic carbocycles. The Kier molecular flexibility index (Phi) is 6.90. The van der Waals surface area contributed by atoms with Crippen LogP contribution in [0.1, 0.15) is 46.0 Å². The zero-order valence-corrected chi connectivity index (χ0v) is 15.9. The summed E-state index contributed by atoms with van der Waals surface area (Å²) in [5, 5.41) is 5.40. The van der Waals surface area contributed by atoms with Crippen molar-refractivity contribution in [3.05, 3.63) is 63.2 Å². The normalized spacial score (nSPS) is 16.9. The van der Waals surface area contributed by atoms with E-state index in [0.717, 1.165) is 31.5 Å². The van der Waals surface area contributed by atoms with E-state index in [2.05, 4.69) is 10.6 Å². The van der Waals surface area contributed by atoms with Crippen molar-refractivity contribution in [2.24, 2.45) is 0 Å². The highest BCUT2D eigenvalue weighted by atomic mass is 35.5. The van der Waals surface area contributed by atoms with Crippen molar-refractivity contribution < 1.29 is 22.4 Å². The molecule has 1 aromatic heterocycles. The van der Waals surface area contributed by atoms with Crippen LogP contribution in [-0.2, 0) is 6.18 Å². The van der Waals surface area contributed by atoms with Crippen LogP contribution in [-0.4, -0.2) is 19.0 Å². The molecular formula is C19H20ClF3N2O3. The van der Waals surface area contributed by atoms with Crippen molar-refractivity contribution in [3.8, 4) is 0 Å². The van der Waals surface area contributed by atoms with E-state index in [1.165, 1.54) is 12.1 Å². The van der Waals surface area contributed by atoms with Gasteiger partial charge in [0.2, 0.25) is 0 Å². The first-order valence-electron chi connectivity index (χ1n) is 8.60. The smallest absolute Gasteiger partial charge is 0.418 e. The number of hydrogen-bond acceptors (Lipinski definition) is 4. The second-order valence-corrected chi connectivity index (χ2v) is 6.53. The first-order valence-corrected chi connectivity index (χ1v) is 8.60. The molecule has 28 heavy (non-hydrogen) atoms. The van der Waals surface area contributed by atoms with Crippen molar-refractivity contribution in [1.82, 2.24) is 5.32 Å². The van der Waals surface area contributed by atoms with Crippen LogP contribution in [0.3, 0.4) is 0 Å². The van der Waals surface area contributed by atoms with Crippen LogP contribution in [0.4, 0.5) is 18.9 Å². The number of carbonyl (C=O) groups excluding carboxylic acids is 1. The lowest BCUT2D eigenvalue weighted by Gasteiger charge is -2.22. The summed E-state index contributed by atoms with van der Waals surface area (Å²) in [7, 11) is 0. The van der Waals surface area contributed by atoms with Crippen molar-refractivity contribution in [3.63, 3.8) is 0 Å². The summed E-state index contributed by atoms with van der Waals surface area (Å²) >= 11 is 0. The van der Waals surface area contributed by atoms with E-state index in [0.29, 0.717) is 17.9 Å². The van der Waals surface area contributed by atoms with E-state index >= 15 is 0 Å². The molecule has 5 nitrogen and oxygen atoms in total. The van der Waals surface area contributed by atoms with Crippen LogP contribution in [0.5, 0.6) is 0 Å². The maximum absolute atomic E-state index is 13.1. The summed E-state index contributed by atoms with van der Waals surface area (Å²) in [6.07, 6.45) is -2.81. The molecule has 152 valence electrons. The quantitative estimate of drug-likeness (QED) is 0.790. The number of halogens is 4. The molecule has 9 heteroatoms. The lowest BCUT2D eigenvalue weighted by atomic mass is 9.95. The highest BCUT2D eigenvalue weighted by Gasteiger charge is 2.34. The number of amides is 1. The van der Waals surface area contributed by atoms with E-state index in [9.17, 15) is 22.8 Å². The second-order valence-electron chi connectivity index (χ2n) is 6.53. The predicted molar refractivity (Wildman–Crippen MR) is 101 cm³/mol. The molecule has 1 aliphatic rings. The zero-order chi connectivity index (χ0) is 19.6. The Morgan fingerprint density at radius 2 is 2.00 bits per heavy atom. The van der Waals surface area contributed by atoms with Gasteiger partial charge in [-0.2, -0.15) is 13.2 Å². The fourth-order valence-corrected chi connectivity index (χ4v) is 3.23. The monoisotopic (exact) mass is 416 g/mol. The Morgan fingerprint density at radius 3 is 2.61 bits per heavy atom. The molecule has 0 radical (unpaired) electrons. The average molecular weight is 417 g/mol. The van der Waals surface area contributed by atoms with Gasteiger partial charge in [-0.15, -0.1) is 12.4 Å². The van der Waals surface area contributed by atoms with Crippen LogP contribution < -0.4 is 16.3 Å². The van der Waals surface area contributed by atoms with Crippen LogP contribution in [0, 0.1) is 6.92 Å². The van der Waals surface area contributed by atoms with Gasteiger partial charge in [0.25, 0.3) is 5.91 Å². The molecule has 1 amide bonds. The minimum Gasteiger partial charge on any atom is -0.427 e. The van der Waals surface area contributed by atoms with E-state index in [1.807, 2.05) is 0 Å². The van der Waals surface area contributed by atoms with Crippen LogP contribution in [0.2, 0.25) is 0 Å². The molecule has 2 N–H and O–H groups in total. The minimum atomic E-state index is -4.62. The number of rotatable bonds is 3. The number of hydrogen-bond donors (Lipinski definition) is 2. The molecule has 0 spiro atoms. The molecule has 1 atom stereocenters. The van der Waals surface area contributed by atoms with Gasteiger partial charge in [-0.05, 0) is 50.1 Å². The van der Waals surface area contributed by atoms with E-state index in [4.69, 9.17) is 4.42 Å². The van der Waals surface area contributed by atoms with Crippen LogP contribution in [0.25, 0.3) is 0 Å². The SMILES string of the molecule is Cc1cc(C2CCCNC2)oc(=O)c1C(=O)Nc1ccccc1C(F)(F)F.Cl. The Morgan fingerprint density at radius 1 is 1.29 bits per heavy atom. The summed E-state index contributed by atoms with van der Waals surface area (Å²) in [5.41, 5.74) is -2.16. The van der Waals surface area contributed by atoms with Gasteiger partial charge in [0.15, 0.2) is 0 Å². The van der Waals surface area contributed by atoms with Gasteiger partial charge in [-0.3, -0.25) is 4.79 Å². The zero-order valence-electron chi connectivity index (χ0n) is 15.1. The van der Waals surface area contributed by atoms with Gasteiger partial charge >= 0.3 is 11.8 Å². The van der Waals surface area contributed by atoms with Gasteiger partial charge in [0.1, 0.15) is 11.3 Å². The van der Waals surface area contributed by atoms with Gasteiger partial charge < -0.3 is 15.1 Å². The number of aryl methyl sites for hydroxylation is 1. The maximum atomic E-state index is 13.1. The highest BCUT2D eigenvalue weighted by molar-refractivity contribution is 6.05. The van der Waals surface area contributed by atoms with Gasteiger partial charge in [0.05, 0.1) is 11.3 Å². The Balaban J connectivity index is 0.00000280. The maximum Gasteiger partial charge on any atom is 0.418 e. The van der Waals surface area contributed by atoms with Crippen molar-refractivity contribution >= 4 is 24.0 Å². The number of nitrogens with one attached hydrogen (secondary N) is 2. The highest BCUT2D eigenvalue weighted by Crippen LogP contribution is 2.34. The molecule has 2 aromatic rings. The molecule has 1 fully saturated rings.